The molecular weight excluding hydrogens is 199 g/mol. The third-order valence-corrected chi connectivity index (χ3v) is 2.41. The first-order valence-electron chi connectivity index (χ1n) is 4.62. The van der Waals surface area contributed by atoms with E-state index in [1.807, 2.05) is 6.92 Å². The molecule has 0 aromatic carbocycles. The van der Waals surface area contributed by atoms with Gasteiger partial charge >= 0.3 is 0 Å². The molecule has 0 saturated heterocycles. The van der Waals surface area contributed by atoms with Crippen molar-refractivity contribution in [1.82, 2.24) is 5.32 Å². The Morgan fingerprint density at radius 3 is 2.93 bits per heavy atom. The zero-order chi connectivity index (χ0) is 10.6. The van der Waals surface area contributed by atoms with E-state index >= 15 is 0 Å². The zero-order valence-corrected chi connectivity index (χ0v) is 9.07. The van der Waals surface area contributed by atoms with Gasteiger partial charge in [-0.3, -0.25) is 0 Å². The van der Waals surface area contributed by atoms with Crippen LogP contribution in [-0.2, 0) is 0 Å². The third kappa shape index (κ3) is 2.54. The molecule has 0 spiro atoms. The Kier molecular flexibility index (Phi) is 4.07. The highest BCUT2D eigenvalue weighted by Gasteiger charge is 2.13. The molecule has 4 heteroatoms. The molecule has 0 aromatic heterocycles. The second-order valence-corrected chi connectivity index (χ2v) is 3.37. The van der Waals surface area contributed by atoms with Crippen molar-refractivity contribution in [2.45, 2.75) is 19.8 Å². The highest BCUT2D eigenvalue weighted by Crippen LogP contribution is 2.26. The van der Waals surface area contributed by atoms with Gasteiger partial charge in [-0.2, -0.15) is 0 Å². The molecule has 0 fully saturated rings. The number of allylic oxidation sites excluding steroid dienone is 4. The van der Waals surface area contributed by atoms with Crippen LogP contribution >= 0.6 is 12.6 Å². The van der Waals surface area contributed by atoms with Crippen LogP contribution in [0.15, 0.2) is 34.3 Å². The number of rotatable bonds is 3. The van der Waals surface area contributed by atoms with Gasteiger partial charge in [0, 0.05) is 17.9 Å². The zero-order valence-electron chi connectivity index (χ0n) is 8.18. The van der Waals surface area contributed by atoms with Crippen LogP contribution in [0, 0.1) is 0 Å². The van der Waals surface area contributed by atoms with E-state index in [2.05, 4.69) is 17.9 Å². The highest BCUT2D eigenvalue weighted by molar-refractivity contribution is 7.83. The molecule has 0 aliphatic heterocycles. The molecule has 3 N–H and O–H groups in total. The molecule has 1 aliphatic carbocycles. The summed E-state index contributed by atoms with van der Waals surface area (Å²) in [6, 6.07) is 0. The molecular formula is C10H15FN2S. The largest absolute Gasteiger partial charge is 0.398 e. The van der Waals surface area contributed by atoms with E-state index in [-0.39, 0.29) is 5.83 Å². The van der Waals surface area contributed by atoms with E-state index in [0.717, 1.165) is 18.5 Å². The van der Waals surface area contributed by atoms with Gasteiger partial charge in [0.15, 0.2) is 0 Å². The summed E-state index contributed by atoms with van der Waals surface area (Å²) in [4.78, 5) is 0. The summed E-state index contributed by atoms with van der Waals surface area (Å²) in [5.41, 5.74) is 7.67. The number of hydrogen-bond acceptors (Lipinski definition) is 3. The van der Waals surface area contributed by atoms with E-state index < -0.39 is 0 Å². The molecule has 2 nitrogen and oxygen atoms in total. The van der Waals surface area contributed by atoms with Crippen LogP contribution in [-0.4, -0.2) is 6.54 Å². The van der Waals surface area contributed by atoms with Gasteiger partial charge in [0.1, 0.15) is 5.83 Å². The highest BCUT2D eigenvalue weighted by atomic mass is 32.1. The first kappa shape index (κ1) is 11.2. The average Bonchev–Trinajstić information content (AvgIpc) is 2.20. The van der Waals surface area contributed by atoms with Crippen molar-refractivity contribution >= 4 is 12.6 Å². The van der Waals surface area contributed by atoms with Crippen LogP contribution < -0.4 is 11.1 Å². The molecule has 0 amide bonds. The van der Waals surface area contributed by atoms with Crippen molar-refractivity contribution in [2.75, 3.05) is 6.54 Å². The molecule has 0 bridgehead atoms. The minimum atomic E-state index is -0.216. The number of halogens is 1. The molecule has 0 atom stereocenters. The molecule has 78 valence electrons. The van der Waals surface area contributed by atoms with Crippen molar-refractivity contribution in [3.05, 3.63) is 34.3 Å². The summed E-state index contributed by atoms with van der Waals surface area (Å²) >= 11 is 3.94. The summed E-state index contributed by atoms with van der Waals surface area (Å²) in [5, 5.41) is 4.49. The molecule has 1 rings (SSSR count). The Balaban J connectivity index is 2.84. The fourth-order valence-electron chi connectivity index (χ4n) is 1.39. The van der Waals surface area contributed by atoms with E-state index in [9.17, 15) is 4.39 Å². The molecule has 0 heterocycles. The fraction of sp³-hybridized carbons (Fsp3) is 0.400. The van der Waals surface area contributed by atoms with Crippen molar-refractivity contribution in [1.29, 1.82) is 0 Å². The molecule has 0 aromatic rings. The summed E-state index contributed by atoms with van der Waals surface area (Å²) in [6.45, 7) is 2.69. The summed E-state index contributed by atoms with van der Waals surface area (Å²) < 4.78 is 13.4. The van der Waals surface area contributed by atoms with Crippen molar-refractivity contribution in [3.63, 3.8) is 0 Å². The van der Waals surface area contributed by atoms with Gasteiger partial charge < -0.3 is 11.1 Å². The van der Waals surface area contributed by atoms with E-state index in [0.29, 0.717) is 17.8 Å². The van der Waals surface area contributed by atoms with E-state index in [4.69, 9.17) is 5.73 Å². The predicted molar refractivity (Wildman–Crippen MR) is 60.4 cm³/mol. The van der Waals surface area contributed by atoms with Gasteiger partial charge in [0.05, 0.1) is 0 Å². The Morgan fingerprint density at radius 2 is 2.43 bits per heavy atom. The van der Waals surface area contributed by atoms with Crippen LogP contribution in [0.25, 0.3) is 0 Å². The number of nitrogens with two attached hydrogens (primary N) is 1. The van der Waals surface area contributed by atoms with Gasteiger partial charge in [0.25, 0.3) is 0 Å². The number of nitrogens with one attached hydrogen (secondary N) is 1. The molecule has 0 radical (unpaired) electrons. The maximum atomic E-state index is 13.4. The van der Waals surface area contributed by atoms with E-state index in [1.54, 1.807) is 0 Å². The maximum absolute atomic E-state index is 13.4. The molecule has 1 aliphatic rings. The quantitative estimate of drug-likeness (QED) is 0.630. The maximum Gasteiger partial charge on any atom is 0.142 e. The normalized spacial score (nSPS) is 18.2. The first-order chi connectivity index (χ1) is 6.69. The van der Waals surface area contributed by atoms with Gasteiger partial charge in [-0.25, -0.2) is 4.39 Å². The topological polar surface area (TPSA) is 38.0 Å². The lowest BCUT2D eigenvalue weighted by Gasteiger charge is -2.17. The van der Waals surface area contributed by atoms with Crippen LogP contribution in [0.2, 0.25) is 0 Å². The minimum absolute atomic E-state index is 0.216. The Morgan fingerprint density at radius 1 is 1.71 bits per heavy atom. The monoisotopic (exact) mass is 214 g/mol. The summed E-state index contributed by atoms with van der Waals surface area (Å²) in [6.07, 6.45) is 2.91. The summed E-state index contributed by atoms with van der Waals surface area (Å²) in [5.74, 6) is -0.216. The SMILES string of the molecule is CCNC1=C(F)C=C(/C(N)=C/S)CC1. The Hall–Kier alpha value is -0.900. The Labute approximate surface area is 89.2 Å². The van der Waals surface area contributed by atoms with Crippen molar-refractivity contribution in [3.8, 4) is 0 Å². The van der Waals surface area contributed by atoms with Gasteiger partial charge in [-0.15, -0.1) is 12.6 Å². The molecule has 0 saturated carbocycles. The fourth-order valence-corrected chi connectivity index (χ4v) is 1.55. The lowest BCUT2D eigenvalue weighted by molar-refractivity contribution is 0.601. The lowest BCUT2D eigenvalue weighted by Crippen LogP contribution is -2.16. The van der Waals surface area contributed by atoms with Crippen molar-refractivity contribution in [2.24, 2.45) is 5.73 Å². The lowest BCUT2D eigenvalue weighted by atomic mass is 10.00. The standard InChI is InChI=1S/C10H15FN2S/c1-2-13-10-4-3-7(5-8(10)11)9(12)6-14/h5-6,13-14H,2-4,12H2,1H3/b9-6-. The molecule has 14 heavy (non-hydrogen) atoms. The smallest absolute Gasteiger partial charge is 0.142 e. The first-order valence-corrected chi connectivity index (χ1v) is 5.14. The average molecular weight is 214 g/mol. The van der Waals surface area contributed by atoms with Gasteiger partial charge in [-0.05, 0) is 36.8 Å². The summed E-state index contributed by atoms with van der Waals surface area (Å²) in [7, 11) is 0. The van der Waals surface area contributed by atoms with Crippen LogP contribution in [0.3, 0.4) is 0 Å². The number of thiol groups is 1. The molecule has 0 unspecified atom stereocenters. The Bertz CT molecular complexity index is 305. The second-order valence-electron chi connectivity index (χ2n) is 3.11. The predicted octanol–water partition coefficient (Wildman–Crippen LogP) is 2.23. The third-order valence-electron chi connectivity index (χ3n) is 2.13. The second kappa shape index (κ2) is 5.10. The van der Waals surface area contributed by atoms with Gasteiger partial charge in [-0.1, -0.05) is 0 Å². The van der Waals surface area contributed by atoms with Crippen LogP contribution in [0.4, 0.5) is 4.39 Å². The number of hydrogen-bond donors (Lipinski definition) is 3. The van der Waals surface area contributed by atoms with Crippen molar-refractivity contribution < 1.29 is 4.39 Å². The van der Waals surface area contributed by atoms with Crippen LogP contribution in [0.5, 0.6) is 0 Å². The minimum Gasteiger partial charge on any atom is -0.398 e. The van der Waals surface area contributed by atoms with E-state index in [1.165, 1.54) is 11.5 Å². The van der Waals surface area contributed by atoms with Gasteiger partial charge in [0.2, 0.25) is 0 Å². The van der Waals surface area contributed by atoms with Crippen LogP contribution in [0.1, 0.15) is 19.8 Å².